The monoisotopic (exact) mass is 487 g/mol. The first-order chi connectivity index (χ1) is 17.2. The highest BCUT2D eigenvalue weighted by Gasteiger charge is 2.47. The summed E-state index contributed by atoms with van der Waals surface area (Å²) in [5.74, 6) is -0.00712. The third-order valence-corrected chi connectivity index (χ3v) is 6.01. The summed E-state index contributed by atoms with van der Waals surface area (Å²) >= 11 is 0. The highest BCUT2D eigenvalue weighted by Crippen LogP contribution is 2.44. The number of benzene rings is 3. The molecular formula is C29H29NO6. The standard InChI is InChI=1S/C29H29NO6/c1-17(2)36-23-11-6-8-19(15-23)26-25(27(31)24-13-12-22(35-5)14-18(24)3)28(32)29(33)30(26)20-9-7-10-21(16-20)34-4/h6-17,26,31H,1-5H3/b27-25+. The van der Waals surface area contributed by atoms with E-state index in [0.29, 0.717) is 39.6 Å². The van der Waals surface area contributed by atoms with Gasteiger partial charge in [0.1, 0.15) is 23.0 Å². The van der Waals surface area contributed by atoms with Crippen LogP contribution in [0.25, 0.3) is 5.76 Å². The Morgan fingerprint density at radius 2 is 1.56 bits per heavy atom. The Balaban J connectivity index is 1.95. The van der Waals surface area contributed by atoms with E-state index in [0.717, 1.165) is 0 Å². The van der Waals surface area contributed by atoms with Crippen LogP contribution in [0.2, 0.25) is 0 Å². The predicted octanol–water partition coefficient (Wildman–Crippen LogP) is 5.43. The lowest BCUT2D eigenvalue weighted by molar-refractivity contribution is -0.132. The molecule has 36 heavy (non-hydrogen) atoms. The van der Waals surface area contributed by atoms with Crippen LogP contribution in [0.3, 0.4) is 0 Å². The Labute approximate surface area is 210 Å². The molecule has 1 fully saturated rings. The average Bonchev–Trinajstić information content (AvgIpc) is 3.13. The third kappa shape index (κ3) is 4.64. The number of hydrogen-bond donors (Lipinski definition) is 1. The normalized spacial score (nSPS) is 16.9. The number of hydrogen-bond acceptors (Lipinski definition) is 6. The number of methoxy groups -OCH3 is 2. The third-order valence-electron chi connectivity index (χ3n) is 6.01. The number of ether oxygens (including phenoxy) is 3. The number of nitrogens with zero attached hydrogens (tertiary/aromatic N) is 1. The van der Waals surface area contributed by atoms with Gasteiger partial charge in [-0.1, -0.05) is 18.2 Å². The van der Waals surface area contributed by atoms with Gasteiger partial charge in [-0.05, 0) is 74.4 Å². The average molecular weight is 488 g/mol. The van der Waals surface area contributed by atoms with Gasteiger partial charge in [0.25, 0.3) is 11.7 Å². The van der Waals surface area contributed by atoms with Crippen LogP contribution in [0, 0.1) is 6.92 Å². The van der Waals surface area contributed by atoms with Crippen LogP contribution in [-0.4, -0.2) is 37.1 Å². The Bertz CT molecular complexity index is 1340. The predicted molar refractivity (Wildman–Crippen MR) is 138 cm³/mol. The summed E-state index contributed by atoms with van der Waals surface area (Å²) in [6.45, 7) is 5.64. The molecule has 186 valence electrons. The van der Waals surface area contributed by atoms with E-state index in [1.54, 1.807) is 61.7 Å². The number of aliphatic hydroxyl groups is 1. The topological polar surface area (TPSA) is 85.3 Å². The second kappa shape index (κ2) is 10.2. The highest BCUT2D eigenvalue weighted by atomic mass is 16.5. The second-order valence-electron chi connectivity index (χ2n) is 8.79. The first-order valence-electron chi connectivity index (χ1n) is 11.6. The van der Waals surface area contributed by atoms with Gasteiger partial charge in [0, 0.05) is 17.3 Å². The van der Waals surface area contributed by atoms with E-state index in [4.69, 9.17) is 14.2 Å². The van der Waals surface area contributed by atoms with Gasteiger partial charge in [-0.15, -0.1) is 0 Å². The molecule has 3 aromatic carbocycles. The van der Waals surface area contributed by atoms with E-state index in [1.165, 1.54) is 12.0 Å². The molecule has 0 aromatic heterocycles. The van der Waals surface area contributed by atoms with Gasteiger partial charge >= 0.3 is 0 Å². The van der Waals surface area contributed by atoms with Crippen molar-refractivity contribution in [3.05, 3.63) is 89.0 Å². The van der Waals surface area contributed by atoms with Crippen molar-refractivity contribution in [2.75, 3.05) is 19.1 Å². The van der Waals surface area contributed by atoms with Gasteiger partial charge in [0.2, 0.25) is 0 Å². The maximum Gasteiger partial charge on any atom is 0.300 e. The minimum atomic E-state index is -0.880. The number of amides is 1. The summed E-state index contributed by atoms with van der Waals surface area (Å²) in [6, 6.07) is 18.4. The Kier molecular flexibility index (Phi) is 7.01. The summed E-state index contributed by atoms with van der Waals surface area (Å²) in [5.41, 5.74) is 2.25. The van der Waals surface area contributed by atoms with Gasteiger partial charge in [-0.2, -0.15) is 0 Å². The number of aliphatic hydroxyl groups excluding tert-OH is 1. The molecule has 0 aliphatic carbocycles. The highest BCUT2D eigenvalue weighted by molar-refractivity contribution is 6.51. The molecule has 7 heteroatoms. The van der Waals surface area contributed by atoms with Crippen molar-refractivity contribution in [2.45, 2.75) is 32.9 Å². The number of Topliss-reactive ketones (excluding diaryl/α,β-unsaturated/α-hetero) is 1. The molecule has 0 spiro atoms. The van der Waals surface area contributed by atoms with Crippen LogP contribution in [0.15, 0.2) is 72.3 Å². The van der Waals surface area contributed by atoms with Crippen molar-refractivity contribution in [2.24, 2.45) is 0 Å². The molecule has 0 saturated carbocycles. The molecule has 1 atom stereocenters. The molecular weight excluding hydrogens is 458 g/mol. The summed E-state index contributed by atoms with van der Waals surface area (Å²) in [6.07, 6.45) is -0.0630. The first kappa shape index (κ1) is 24.9. The number of ketones is 1. The molecule has 4 rings (SSSR count). The van der Waals surface area contributed by atoms with Gasteiger partial charge < -0.3 is 19.3 Å². The number of rotatable bonds is 7. The molecule has 7 nitrogen and oxygen atoms in total. The van der Waals surface area contributed by atoms with Crippen molar-refractivity contribution in [1.82, 2.24) is 0 Å². The molecule has 1 amide bonds. The first-order valence-corrected chi connectivity index (χ1v) is 11.6. The zero-order chi connectivity index (χ0) is 26.0. The van der Waals surface area contributed by atoms with Gasteiger partial charge in [0.05, 0.1) is 31.9 Å². The largest absolute Gasteiger partial charge is 0.507 e. The van der Waals surface area contributed by atoms with E-state index >= 15 is 0 Å². The number of carbonyl (C=O) groups is 2. The Morgan fingerprint density at radius 1 is 0.889 bits per heavy atom. The van der Waals surface area contributed by atoms with Crippen molar-refractivity contribution >= 4 is 23.1 Å². The van der Waals surface area contributed by atoms with Crippen molar-refractivity contribution in [3.63, 3.8) is 0 Å². The maximum absolute atomic E-state index is 13.4. The molecule has 1 unspecified atom stereocenters. The van der Waals surface area contributed by atoms with Crippen LogP contribution >= 0.6 is 0 Å². The molecule has 0 radical (unpaired) electrons. The van der Waals surface area contributed by atoms with Crippen molar-refractivity contribution in [1.29, 1.82) is 0 Å². The second-order valence-corrected chi connectivity index (χ2v) is 8.79. The van der Waals surface area contributed by atoms with Crippen LogP contribution in [-0.2, 0) is 9.59 Å². The van der Waals surface area contributed by atoms with Gasteiger partial charge in [0.15, 0.2) is 0 Å². The minimum Gasteiger partial charge on any atom is -0.507 e. The zero-order valence-electron chi connectivity index (χ0n) is 20.9. The molecule has 0 bridgehead atoms. The number of anilines is 1. The van der Waals surface area contributed by atoms with E-state index in [9.17, 15) is 14.7 Å². The number of carbonyl (C=O) groups excluding carboxylic acids is 2. The SMILES string of the molecule is COc1cccc(N2C(=O)C(=O)/C(=C(/O)c3ccc(OC)cc3C)C2c2cccc(OC(C)C)c2)c1. The van der Waals surface area contributed by atoms with Crippen LogP contribution in [0.1, 0.15) is 36.6 Å². The van der Waals surface area contributed by atoms with E-state index in [2.05, 4.69) is 0 Å². The summed E-state index contributed by atoms with van der Waals surface area (Å²) < 4.78 is 16.5. The lowest BCUT2D eigenvalue weighted by atomic mass is 9.93. The quantitative estimate of drug-likeness (QED) is 0.272. The van der Waals surface area contributed by atoms with E-state index in [1.807, 2.05) is 32.9 Å². The Morgan fingerprint density at radius 3 is 2.22 bits per heavy atom. The Hall–Kier alpha value is -4.26. The lowest BCUT2D eigenvalue weighted by Crippen LogP contribution is -2.29. The molecule has 1 heterocycles. The van der Waals surface area contributed by atoms with Crippen LogP contribution in [0.4, 0.5) is 5.69 Å². The van der Waals surface area contributed by atoms with E-state index < -0.39 is 17.7 Å². The van der Waals surface area contributed by atoms with Crippen LogP contribution in [0.5, 0.6) is 17.2 Å². The van der Waals surface area contributed by atoms with E-state index in [-0.39, 0.29) is 17.4 Å². The van der Waals surface area contributed by atoms with Gasteiger partial charge in [-0.25, -0.2) is 0 Å². The minimum absolute atomic E-state index is 0.00205. The molecule has 1 saturated heterocycles. The fourth-order valence-electron chi connectivity index (χ4n) is 4.38. The van der Waals surface area contributed by atoms with Crippen LogP contribution < -0.4 is 19.1 Å². The fraction of sp³-hybridized carbons (Fsp3) is 0.241. The molecule has 1 aliphatic rings. The number of aryl methyl sites for hydroxylation is 1. The lowest BCUT2D eigenvalue weighted by Gasteiger charge is -2.26. The fourth-order valence-corrected chi connectivity index (χ4v) is 4.38. The smallest absolute Gasteiger partial charge is 0.300 e. The van der Waals surface area contributed by atoms with Crippen molar-refractivity contribution < 1.29 is 28.9 Å². The summed E-state index contributed by atoms with van der Waals surface area (Å²) in [4.78, 5) is 28.3. The van der Waals surface area contributed by atoms with Gasteiger partial charge in [-0.3, -0.25) is 14.5 Å². The maximum atomic E-state index is 13.4. The summed E-state index contributed by atoms with van der Waals surface area (Å²) in [7, 11) is 3.09. The zero-order valence-corrected chi connectivity index (χ0v) is 20.9. The molecule has 1 N–H and O–H groups in total. The summed E-state index contributed by atoms with van der Waals surface area (Å²) in [5, 5.41) is 11.4. The molecule has 3 aromatic rings. The van der Waals surface area contributed by atoms with Crippen molar-refractivity contribution in [3.8, 4) is 17.2 Å². The molecule has 1 aliphatic heterocycles.